The molecular formula is C10H12FNO2S. The van der Waals surface area contributed by atoms with Gasteiger partial charge in [-0.25, -0.2) is 12.8 Å². The molecule has 0 aromatic heterocycles. The summed E-state index contributed by atoms with van der Waals surface area (Å²) in [4.78, 5) is 0.228. The Morgan fingerprint density at radius 2 is 2.20 bits per heavy atom. The second-order valence-corrected chi connectivity index (χ2v) is 5.93. The quantitative estimate of drug-likeness (QED) is 0.732. The molecule has 15 heavy (non-hydrogen) atoms. The van der Waals surface area contributed by atoms with Gasteiger partial charge in [0.1, 0.15) is 5.82 Å². The van der Waals surface area contributed by atoms with E-state index in [-0.39, 0.29) is 22.6 Å². The van der Waals surface area contributed by atoms with Crippen molar-refractivity contribution in [1.29, 1.82) is 0 Å². The van der Waals surface area contributed by atoms with Crippen LogP contribution in [0.15, 0.2) is 23.1 Å². The molecule has 1 aliphatic heterocycles. The van der Waals surface area contributed by atoms with Gasteiger partial charge < -0.3 is 5.73 Å². The lowest BCUT2D eigenvalue weighted by atomic mass is 9.95. The van der Waals surface area contributed by atoms with Crippen molar-refractivity contribution < 1.29 is 12.8 Å². The van der Waals surface area contributed by atoms with E-state index in [1.807, 2.05) is 0 Å². The monoisotopic (exact) mass is 229 g/mol. The molecule has 2 rings (SSSR count). The lowest BCUT2D eigenvalue weighted by Gasteiger charge is -2.13. The van der Waals surface area contributed by atoms with E-state index in [0.29, 0.717) is 5.56 Å². The number of hydrogen-bond acceptors (Lipinski definition) is 3. The lowest BCUT2D eigenvalue weighted by molar-refractivity contribution is 0.581. The number of sulfone groups is 1. The predicted octanol–water partition coefficient (Wildman–Crippen LogP) is 1.04. The van der Waals surface area contributed by atoms with Crippen LogP contribution in [-0.4, -0.2) is 20.2 Å². The van der Waals surface area contributed by atoms with E-state index in [1.54, 1.807) is 6.92 Å². The van der Waals surface area contributed by atoms with Gasteiger partial charge in [-0.15, -0.1) is 0 Å². The molecule has 82 valence electrons. The van der Waals surface area contributed by atoms with E-state index in [9.17, 15) is 12.8 Å². The zero-order chi connectivity index (χ0) is 11.2. The van der Waals surface area contributed by atoms with Crippen molar-refractivity contribution in [1.82, 2.24) is 0 Å². The molecule has 0 spiro atoms. The molecule has 1 aliphatic rings. The molecule has 0 bridgehead atoms. The molecule has 0 saturated heterocycles. The van der Waals surface area contributed by atoms with Gasteiger partial charge in [0.2, 0.25) is 0 Å². The fourth-order valence-corrected chi connectivity index (χ4v) is 3.92. The van der Waals surface area contributed by atoms with E-state index in [2.05, 4.69) is 0 Å². The van der Waals surface area contributed by atoms with Gasteiger partial charge in [0, 0.05) is 12.0 Å². The SMILES string of the molecule is CC(N)C1CS(=O)(=O)c2ccc(F)cc21. The minimum absolute atomic E-state index is 0.0105. The number of halogens is 1. The summed E-state index contributed by atoms with van der Waals surface area (Å²) in [6, 6.07) is 3.47. The predicted molar refractivity (Wildman–Crippen MR) is 54.8 cm³/mol. The van der Waals surface area contributed by atoms with Crippen molar-refractivity contribution in [3.8, 4) is 0 Å². The summed E-state index contributed by atoms with van der Waals surface area (Å²) in [5, 5.41) is 0. The maximum absolute atomic E-state index is 13.0. The first-order valence-corrected chi connectivity index (χ1v) is 6.35. The fraction of sp³-hybridized carbons (Fsp3) is 0.400. The molecule has 1 aromatic rings. The van der Waals surface area contributed by atoms with Crippen LogP contribution < -0.4 is 5.73 Å². The summed E-state index contributed by atoms with van der Waals surface area (Å²) >= 11 is 0. The molecule has 0 fully saturated rings. The summed E-state index contributed by atoms with van der Waals surface area (Å²) in [5.74, 6) is -0.721. The molecule has 0 saturated carbocycles. The molecule has 0 radical (unpaired) electrons. The Kier molecular flexibility index (Phi) is 2.31. The van der Waals surface area contributed by atoms with Crippen LogP contribution >= 0.6 is 0 Å². The Bertz CT molecular complexity index is 496. The van der Waals surface area contributed by atoms with Crippen molar-refractivity contribution in [3.05, 3.63) is 29.6 Å². The molecule has 0 amide bonds. The highest BCUT2D eigenvalue weighted by molar-refractivity contribution is 7.91. The third kappa shape index (κ3) is 1.66. The summed E-state index contributed by atoms with van der Waals surface area (Å²) < 4.78 is 36.4. The highest BCUT2D eigenvalue weighted by Gasteiger charge is 2.36. The van der Waals surface area contributed by atoms with E-state index in [1.165, 1.54) is 18.2 Å². The summed E-state index contributed by atoms with van der Waals surface area (Å²) in [6.07, 6.45) is 0. The second-order valence-electron chi connectivity index (χ2n) is 3.93. The molecule has 0 aliphatic carbocycles. The van der Waals surface area contributed by atoms with Crippen molar-refractivity contribution >= 4 is 9.84 Å². The summed E-state index contributed by atoms with van der Waals surface area (Å²) in [6.45, 7) is 1.74. The molecule has 3 nitrogen and oxygen atoms in total. The van der Waals surface area contributed by atoms with Crippen molar-refractivity contribution in [3.63, 3.8) is 0 Å². The standard InChI is InChI=1S/C10H12FNO2S/c1-6(12)9-5-15(13,14)10-3-2-7(11)4-8(9)10/h2-4,6,9H,5,12H2,1H3. The average Bonchev–Trinajstić information content (AvgIpc) is 2.38. The minimum atomic E-state index is -3.26. The first kappa shape index (κ1) is 10.6. The van der Waals surface area contributed by atoms with Crippen LogP contribution in [0.4, 0.5) is 4.39 Å². The summed E-state index contributed by atoms with van der Waals surface area (Å²) in [7, 11) is -3.26. The van der Waals surface area contributed by atoms with Gasteiger partial charge in [-0.05, 0) is 30.7 Å². The van der Waals surface area contributed by atoms with Crippen LogP contribution in [0.25, 0.3) is 0 Å². The number of nitrogens with two attached hydrogens (primary N) is 1. The Morgan fingerprint density at radius 3 is 2.80 bits per heavy atom. The normalized spacial score (nSPS) is 24.9. The van der Waals surface area contributed by atoms with Crippen LogP contribution in [0.2, 0.25) is 0 Å². The van der Waals surface area contributed by atoms with Crippen LogP contribution in [0, 0.1) is 5.82 Å². The third-order valence-corrected chi connectivity index (χ3v) is 4.58. The maximum atomic E-state index is 13.0. The molecule has 2 atom stereocenters. The zero-order valence-electron chi connectivity index (χ0n) is 8.27. The van der Waals surface area contributed by atoms with Gasteiger partial charge >= 0.3 is 0 Å². The minimum Gasteiger partial charge on any atom is -0.327 e. The van der Waals surface area contributed by atoms with E-state index in [0.717, 1.165) is 0 Å². The van der Waals surface area contributed by atoms with E-state index < -0.39 is 15.7 Å². The Hall–Kier alpha value is -0.940. The van der Waals surface area contributed by atoms with Gasteiger partial charge in [0.15, 0.2) is 9.84 Å². The average molecular weight is 229 g/mol. The highest BCUT2D eigenvalue weighted by Crippen LogP contribution is 2.36. The largest absolute Gasteiger partial charge is 0.327 e. The number of hydrogen-bond donors (Lipinski definition) is 1. The molecule has 1 aromatic carbocycles. The van der Waals surface area contributed by atoms with Gasteiger partial charge in [0.05, 0.1) is 10.6 Å². The second kappa shape index (κ2) is 3.28. The topological polar surface area (TPSA) is 60.2 Å². The van der Waals surface area contributed by atoms with Crippen molar-refractivity contribution in [2.24, 2.45) is 5.73 Å². The smallest absolute Gasteiger partial charge is 0.179 e. The molecular weight excluding hydrogens is 217 g/mol. The first-order chi connectivity index (χ1) is 6.92. The Morgan fingerprint density at radius 1 is 1.53 bits per heavy atom. The zero-order valence-corrected chi connectivity index (χ0v) is 9.09. The third-order valence-electron chi connectivity index (χ3n) is 2.74. The fourth-order valence-electron chi connectivity index (χ4n) is 1.94. The van der Waals surface area contributed by atoms with Crippen LogP contribution in [0.3, 0.4) is 0 Å². The van der Waals surface area contributed by atoms with Crippen LogP contribution in [-0.2, 0) is 9.84 Å². The van der Waals surface area contributed by atoms with Crippen molar-refractivity contribution in [2.75, 3.05) is 5.75 Å². The Labute approximate surface area is 88.0 Å². The van der Waals surface area contributed by atoms with Gasteiger partial charge in [-0.3, -0.25) is 0 Å². The molecule has 5 heteroatoms. The molecule has 2 unspecified atom stereocenters. The highest BCUT2D eigenvalue weighted by atomic mass is 32.2. The maximum Gasteiger partial charge on any atom is 0.179 e. The number of rotatable bonds is 1. The Balaban J connectivity index is 2.64. The van der Waals surface area contributed by atoms with Crippen LogP contribution in [0.5, 0.6) is 0 Å². The van der Waals surface area contributed by atoms with E-state index >= 15 is 0 Å². The van der Waals surface area contributed by atoms with E-state index in [4.69, 9.17) is 5.73 Å². The summed E-state index contributed by atoms with van der Waals surface area (Å²) in [5.41, 5.74) is 6.22. The number of fused-ring (bicyclic) bond motifs is 1. The number of benzene rings is 1. The van der Waals surface area contributed by atoms with Gasteiger partial charge in [-0.1, -0.05) is 0 Å². The van der Waals surface area contributed by atoms with Crippen LogP contribution in [0.1, 0.15) is 18.4 Å². The van der Waals surface area contributed by atoms with Gasteiger partial charge in [-0.2, -0.15) is 0 Å². The lowest BCUT2D eigenvalue weighted by Crippen LogP contribution is -2.25. The molecule has 2 N–H and O–H groups in total. The van der Waals surface area contributed by atoms with Gasteiger partial charge in [0.25, 0.3) is 0 Å². The van der Waals surface area contributed by atoms with Crippen molar-refractivity contribution in [2.45, 2.75) is 23.8 Å². The first-order valence-electron chi connectivity index (χ1n) is 4.69. The molecule has 1 heterocycles.